The number of hydrogen-bond acceptors (Lipinski definition) is 5. The van der Waals surface area contributed by atoms with Crippen LogP contribution in [0.25, 0.3) is 11.4 Å². The lowest BCUT2D eigenvalue weighted by Crippen LogP contribution is -2.07. The lowest BCUT2D eigenvalue weighted by atomic mass is 9.99. The Kier molecular flexibility index (Phi) is 4.83. The first-order chi connectivity index (χ1) is 13.0. The molecule has 0 N–H and O–H groups in total. The van der Waals surface area contributed by atoms with E-state index < -0.39 is 0 Å². The highest BCUT2D eigenvalue weighted by molar-refractivity contribution is 7.99. The van der Waals surface area contributed by atoms with Crippen LogP contribution in [0.2, 0.25) is 0 Å². The van der Waals surface area contributed by atoms with Gasteiger partial charge in [0.25, 0.3) is 0 Å². The Morgan fingerprint density at radius 3 is 2.48 bits per heavy atom. The maximum atomic E-state index is 12.8. The van der Waals surface area contributed by atoms with E-state index in [2.05, 4.69) is 32.7 Å². The van der Waals surface area contributed by atoms with Crippen LogP contribution in [0.15, 0.2) is 41.8 Å². The van der Waals surface area contributed by atoms with Crippen molar-refractivity contribution in [1.82, 2.24) is 19.7 Å². The molecular formula is C21H22N4OS. The molecule has 27 heavy (non-hydrogen) atoms. The van der Waals surface area contributed by atoms with Crippen LogP contribution in [0.5, 0.6) is 0 Å². The molecule has 0 spiro atoms. The number of nitrogens with zero attached hydrogens (tertiary/aromatic N) is 4. The van der Waals surface area contributed by atoms with Gasteiger partial charge in [-0.1, -0.05) is 17.8 Å². The van der Waals surface area contributed by atoms with Gasteiger partial charge in [-0.05, 0) is 68.5 Å². The Labute approximate surface area is 163 Å². The molecule has 2 aromatic heterocycles. The van der Waals surface area contributed by atoms with Crippen molar-refractivity contribution in [1.29, 1.82) is 0 Å². The zero-order valence-electron chi connectivity index (χ0n) is 15.8. The molecule has 0 radical (unpaired) electrons. The molecule has 138 valence electrons. The molecule has 5 nitrogen and oxygen atoms in total. The summed E-state index contributed by atoms with van der Waals surface area (Å²) in [5.41, 5.74) is 5.21. The monoisotopic (exact) mass is 378 g/mol. The number of rotatable bonds is 6. The SMILES string of the molecule is Cc1cc(C)c(C(=O)CSc2nnc(-c3ccncc3)n2C2CC2)cc1C. The molecule has 2 heterocycles. The van der Waals surface area contributed by atoms with Gasteiger partial charge in [-0.15, -0.1) is 10.2 Å². The number of aryl methyl sites for hydroxylation is 3. The number of ketones is 1. The minimum Gasteiger partial charge on any atom is -0.299 e. The molecule has 0 unspecified atom stereocenters. The number of benzene rings is 1. The molecule has 1 aliphatic rings. The van der Waals surface area contributed by atoms with Crippen LogP contribution in [0.1, 0.15) is 45.9 Å². The van der Waals surface area contributed by atoms with Gasteiger partial charge in [0, 0.05) is 29.6 Å². The highest BCUT2D eigenvalue weighted by Crippen LogP contribution is 2.41. The Bertz CT molecular complexity index is 993. The summed E-state index contributed by atoms with van der Waals surface area (Å²) in [7, 11) is 0. The first-order valence-electron chi connectivity index (χ1n) is 9.13. The van der Waals surface area contributed by atoms with E-state index in [4.69, 9.17) is 0 Å². The van der Waals surface area contributed by atoms with Crippen LogP contribution in [0, 0.1) is 20.8 Å². The second-order valence-corrected chi connectivity index (χ2v) is 8.05. The predicted molar refractivity (Wildman–Crippen MR) is 107 cm³/mol. The summed E-state index contributed by atoms with van der Waals surface area (Å²) in [6, 6.07) is 8.41. The second kappa shape index (κ2) is 7.27. The predicted octanol–water partition coefficient (Wildman–Crippen LogP) is 4.58. The van der Waals surface area contributed by atoms with Crippen molar-refractivity contribution in [3.05, 3.63) is 58.9 Å². The summed E-state index contributed by atoms with van der Waals surface area (Å²) < 4.78 is 2.18. The number of carbonyl (C=O) groups excluding carboxylic acids is 1. The summed E-state index contributed by atoms with van der Waals surface area (Å²) in [6.07, 6.45) is 5.79. The average molecular weight is 379 g/mol. The van der Waals surface area contributed by atoms with Gasteiger partial charge in [-0.2, -0.15) is 0 Å². The quantitative estimate of drug-likeness (QED) is 0.464. The van der Waals surface area contributed by atoms with Crippen molar-refractivity contribution in [3.63, 3.8) is 0 Å². The van der Waals surface area contributed by atoms with Crippen molar-refractivity contribution in [2.45, 2.75) is 44.8 Å². The molecule has 0 aliphatic heterocycles. The number of Topliss-reactive ketones (excluding diaryl/α,β-unsaturated/α-hetero) is 1. The van der Waals surface area contributed by atoms with Gasteiger partial charge in [-0.3, -0.25) is 14.3 Å². The van der Waals surface area contributed by atoms with Crippen LogP contribution >= 0.6 is 11.8 Å². The molecule has 3 aromatic rings. The molecule has 0 amide bonds. The van der Waals surface area contributed by atoms with Crippen LogP contribution in [0.4, 0.5) is 0 Å². The largest absolute Gasteiger partial charge is 0.299 e. The Hall–Kier alpha value is -2.47. The smallest absolute Gasteiger partial charge is 0.192 e. The number of carbonyl (C=O) groups is 1. The van der Waals surface area contributed by atoms with E-state index in [-0.39, 0.29) is 5.78 Å². The van der Waals surface area contributed by atoms with E-state index >= 15 is 0 Å². The first-order valence-corrected chi connectivity index (χ1v) is 10.1. The van der Waals surface area contributed by atoms with Crippen molar-refractivity contribution >= 4 is 17.5 Å². The number of thioether (sulfide) groups is 1. The Balaban J connectivity index is 1.56. The molecule has 0 atom stereocenters. The minimum absolute atomic E-state index is 0.136. The lowest BCUT2D eigenvalue weighted by molar-refractivity contribution is 0.102. The fourth-order valence-electron chi connectivity index (χ4n) is 3.20. The van der Waals surface area contributed by atoms with Gasteiger partial charge in [0.2, 0.25) is 0 Å². The Morgan fingerprint density at radius 1 is 1.07 bits per heavy atom. The molecular weight excluding hydrogens is 356 g/mol. The summed E-state index contributed by atoms with van der Waals surface area (Å²) >= 11 is 1.48. The van der Waals surface area contributed by atoms with Gasteiger partial charge in [0.1, 0.15) is 0 Å². The minimum atomic E-state index is 0.136. The second-order valence-electron chi connectivity index (χ2n) is 7.11. The van der Waals surface area contributed by atoms with Crippen LogP contribution < -0.4 is 0 Å². The Morgan fingerprint density at radius 2 is 1.78 bits per heavy atom. The molecule has 1 aromatic carbocycles. The summed E-state index contributed by atoms with van der Waals surface area (Å²) in [5, 5.41) is 9.59. The third kappa shape index (κ3) is 3.67. The molecule has 0 saturated heterocycles. The number of pyridine rings is 1. The van der Waals surface area contributed by atoms with E-state index in [1.165, 1.54) is 17.3 Å². The normalized spacial score (nSPS) is 13.7. The van der Waals surface area contributed by atoms with Crippen LogP contribution in [0.3, 0.4) is 0 Å². The molecule has 0 bridgehead atoms. The van der Waals surface area contributed by atoms with Gasteiger partial charge in [0.05, 0.1) is 5.75 Å². The van der Waals surface area contributed by atoms with E-state index in [0.717, 1.165) is 46.1 Å². The number of aromatic nitrogens is 4. The summed E-state index contributed by atoms with van der Waals surface area (Å²) in [6.45, 7) is 6.12. The maximum Gasteiger partial charge on any atom is 0.192 e. The van der Waals surface area contributed by atoms with Crippen molar-refractivity contribution in [2.75, 3.05) is 5.75 Å². The number of hydrogen-bond donors (Lipinski definition) is 0. The molecule has 1 saturated carbocycles. The van der Waals surface area contributed by atoms with Gasteiger partial charge >= 0.3 is 0 Å². The molecule has 4 rings (SSSR count). The van der Waals surface area contributed by atoms with E-state index in [9.17, 15) is 4.79 Å². The average Bonchev–Trinajstić information content (AvgIpc) is 3.42. The first kappa shape index (κ1) is 17.9. The third-order valence-electron chi connectivity index (χ3n) is 4.99. The van der Waals surface area contributed by atoms with E-state index in [1.807, 2.05) is 32.0 Å². The van der Waals surface area contributed by atoms with Gasteiger partial charge < -0.3 is 0 Å². The topological polar surface area (TPSA) is 60.7 Å². The highest BCUT2D eigenvalue weighted by Gasteiger charge is 2.30. The summed E-state index contributed by atoms with van der Waals surface area (Å²) in [5.74, 6) is 1.36. The van der Waals surface area contributed by atoms with Crippen LogP contribution in [-0.4, -0.2) is 31.3 Å². The third-order valence-corrected chi connectivity index (χ3v) is 5.93. The fraction of sp³-hybridized carbons (Fsp3) is 0.333. The van der Waals surface area contributed by atoms with Crippen molar-refractivity contribution < 1.29 is 4.79 Å². The van der Waals surface area contributed by atoms with Crippen LogP contribution in [-0.2, 0) is 0 Å². The zero-order valence-corrected chi connectivity index (χ0v) is 16.6. The fourth-order valence-corrected chi connectivity index (χ4v) is 4.09. The summed E-state index contributed by atoms with van der Waals surface area (Å²) in [4.78, 5) is 16.9. The standard InChI is InChI=1S/C21H22N4OS/c1-13-10-15(3)18(11-14(13)2)19(26)12-27-21-24-23-20(25(21)17-4-5-17)16-6-8-22-9-7-16/h6-11,17H,4-5,12H2,1-3H3. The van der Waals surface area contributed by atoms with Crippen molar-refractivity contribution in [3.8, 4) is 11.4 Å². The molecule has 1 fully saturated rings. The van der Waals surface area contributed by atoms with Gasteiger partial charge in [0.15, 0.2) is 16.8 Å². The highest BCUT2D eigenvalue weighted by atomic mass is 32.2. The zero-order chi connectivity index (χ0) is 19.0. The van der Waals surface area contributed by atoms with Gasteiger partial charge in [-0.25, -0.2) is 0 Å². The molecule has 6 heteroatoms. The van der Waals surface area contributed by atoms with Crippen molar-refractivity contribution in [2.24, 2.45) is 0 Å². The lowest BCUT2D eigenvalue weighted by Gasteiger charge is -2.10. The van der Waals surface area contributed by atoms with E-state index in [0.29, 0.717) is 11.8 Å². The maximum absolute atomic E-state index is 12.8. The van der Waals surface area contributed by atoms with E-state index in [1.54, 1.807) is 12.4 Å². The molecule has 1 aliphatic carbocycles.